The first kappa shape index (κ1) is 14.3. The van der Waals surface area contributed by atoms with Crippen LogP contribution in [0.4, 0.5) is 11.5 Å². The number of methoxy groups -OCH3 is 1. The fourth-order valence-electron chi connectivity index (χ4n) is 2.76. The number of anilines is 2. The van der Waals surface area contributed by atoms with Crippen LogP contribution in [-0.4, -0.2) is 17.1 Å². The van der Waals surface area contributed by atoms with Gasteiger partial charge in [-0.2, -0.15) is 0 Å². The van der Waals surface area contributed by atoms with Gasteiger partial charge in [0.05, 0.1) is 12.6 Å². The summed E-state index contributed by atoms with van der Waals surface area (Å²) in [4.78, 5) is 7.94. The van der Waals surface area contributed by atoms with Crippen LogP contribution < -0.4 is 10.1 Å². The summed E-state index contributed by atoms with van der Waals surface area (Å²) < 4.78 is 5.31. The molecule has 0 unspecified atom stereocenters. The highest BCUT2D eigenvalue weighted by Gasteiger charge is 2.09. The van der Waals surface area contributed by atoms with Crippen LogP contribution in [0, 0.1) is 0 Å². The van der Waals surface area contributed by atoms with E-state index >= 15 is 0 Å². The van der Waals surface area contributed by atoms with Crippen LogP contribution in [0.15, 0.2) is 72.9 Å². The molecule has 0 aliphatic carbocycles. The van der Waals surface area contributed by atoms with Crippen molar-refractivity contribution >= 4 is 22.4 Å². The zero-order valence-corrected chi connectivity index (χ0v) is 13.3. The summed E-state index contributed by atoms with van der Waals surface area (Å²) in [5.41, 5.74) is 4.17. The highest BCUT2D eigenvalue weighted by molar-refractivity contribution is 5.95. The topological polar surface area (TPSA) is 49.9 Å². The summed E-state index contributed by atoms with van der Waals surface area (Å²) in [7, 11) is 1.68. The molecular formula is C20H17N3O. The first-order chi connectivity index (χ1) is 11.8. The van der Waals surface area contributed by atoms with E-state index < -0.39 is 0 Å². The maximum Gasteiger partial charge on any atom is 0.139 e. The summed E-state index contributed by atoms with van der Waals surface area (Å²) in [5.74, 6) is 1.68. The number of fused-ring (bicyclic) bond motifs is 1. The number of pyridine rings is 1. The Kier molecular flexibility index (Phi) is 3.63. The molecule has 0 fully saturated rings. The van der Waals surface area contributed by atoms with Gasteiger partial charge in [0.25, 0.3) is 0 Å². The third-order valence-corrected chi connectivity index (χ3v) is 3.97. The number of aromatic nitrogens is 2. The molecule has 0 radical (unpaired) electrons. The van der Waals surface area contributed by atoms with Crippen molar-refractivity contribution in [1.82, 2.24) is 9.97 Å². The van der Waals surface area contributed by atoms with Crippen molar-refractivity contribution in [2.24, 2.45) is 0 Å². The molecule has 0 aliphatic rings. The van der Waals surface area contributed by atoms with Crippen molar-refractivity contribution < 1.29 is 4.74 Å². The van der Waals surface area contributed by atoms with E-state index in [0.717, 1.165) is 39.4 Å². The predicted octanol–water partition coefficient (Wildman–Crippen LogP) is 4.98. The largest absolute Gasteiger partial charge is 0.497 e. The van der Waals surface area contributed by atoms with E-state index in [0.29, 0.717) is 0 Å². The monoisotopic (exact) mass is 315 g/mol. The highest BCUT2D eigenvalue weighted by atomic mass is 16.5. The second kappa shape index (κ2) is 6.08. The van der Waals surface area contributed by atoms with Gasteiger partial charge in [0.2, 0.25) is 0 Å². The van der Waals surface area contributed by atoms with E-state index in [9.17, 15) is 0 Å². The van der Waals surface area contributed by atoms with E-state index in [1.165, 1.54) is 0 Å². The van der Waals surface area contributed by atoms with Gasteiger partial charge in [-0.25, -0.2) is 4.98 Å². The number of hydrogen-bond donors (Lipinski definition) is 2. The Labute approximate surface area is 140 Å². The molecule has 4 rings (SSSR count). The predicted molar refractivity (Wildman–Crippen MR) is 97.8 cm³/mol. The molecule has 4 heteroatoms. The first-order valence-corrected chi connectivity index (χ1v) is 7.78. The number of nitrogens with one attached hydrogen (secondary N) is 2. The molecule has 0 aliphatic heterocycles. The Morgan fingerprint density at radius 3 is 2.67 bits per heavy atom. The molecule has 0 amide bonds. The zero-order valence-electron chi connectivity index (χ0n) is 13.3. The summed E-state index contributed by atoms with van der Waals surface area (Å²) in [6.07, 6.45) is 1.81. The maximum absolute atomic E-state index is 5.31. The highest BCUT2D eigenvalue weighted by Crippen LogP contribution is 2.30. The van der Waals surface area contributed by atoms with Gasteiger partial charge >= 0.3 is 0 Å². The lowest BCUT2D eigenvalue weighted by molar-refractivity contribution is 0.415. The molecule has 24 heavy (non-hydrogen) atoms. The molecule has 0 bridgehead atoms. The van der Waals surface area contributed by atoms with Crippen LogP contribution >= 0.6 is 0 Å². The Hall–Kier alpha value is -3.27. The smallest absolute Gasteiger partial charge is 0.139 e. The average molecular weight is 315 g/mol. The lowest BCUT2D eigenvalue weighted by atomic mass is 10.1. The molecule has 4 aromatic rings. The minimum Gasteiger partial charge on any atom is -0.497 e. The van der Waals surface area contributed by atoms with Gasteiger partial charge in [-0.15, -0.1) is 0 Å². The molecule has 0 saturated carbocycles. The Balaban J connectivity index is 1.76. The van der Waals surface area contributed by atoms with Gasteiger partial charge in [-0.3, -0.25) is 0 Å². The van der Waals surface area contributed by atoms with Crippen LogP contribution in [0.5, 0.6) is 5.75 Å². The molecule has 0 atom stereocenters. The summed E-state index contributed by atoms with van der Waals surface area (Å²) in [6, 6.07) is 22.1. The average Bonchev–Trinajstić information content (AvgIpc) is 3.08. The molecule has 0 spiro atoms. The fraction of sp³-hybridized carbons (Fsp3) is 0.0500. The Morgan fingerprint density at radius 2 is 1.83 bits per heavy atom. The number of nitrogens with zero attached hydrogens (tertiary/aromatic N) is 1. The molecular weight excluding hydrogens is 298 g/mol. The van der Waals surface area contributed by atoms with E-state index in [1.807, 2.05) is 54.6 Å². The molecule has 0 saturated heterocycles. The number of benzene rings is 2. The minimum absolute atomic E-state index is 0.837. The van der Waals surface area contributed by atoms with E-state index in [2.05, 4.69) is 27.4 Å². The van der Waals surface area contributed by atoms with Crippen LogP contribution in [0.1, 0.15) is 0 Å². The molecule has 2 aromatic heterocycles. The SMILES string of the molecule is COc1cccc(-c2cc3c(Nc4ccccc4)nccc3[nH]2)c1. The molecule has 4 nitrogen and oxygen atoms in total. The molecule has 2 N–H and O–H groups in total. The summed E-state index contributed by atoms with van der Waals surface area (Å²) in [5, 5.41) is 4.43. The number of hydrogen-bond acceptors (Lipinski definition) is 3. The third-order valence-electron chi connectivity index (χ3n) is 3.97. The Bertz CT molecular complexity index is 977. The van der Waals surface area contributed by atoms with E-state index in [1.54, 1.807) is 13.3 Å². The number of aromatic amines is 1. The molecule has 2 aromatic carbocycles. The summed E-state index contributed by atoms with van der Waals surface area (Å²) in [6.45, 7) is 0. The van der Waals surface area contributed by atoms with Gasteiger partial charge < -0.3 is 15.0 Å². The van der Waals surface area contributed by atoms with Gasteiger partial charge in [0, 0.05) is 28.5 Å². The third kappa shape index (κ3) is 2.70. The van der Waals surface area contributed by atoms with Crippen molar-refractivity contribution in [3.05, 3.63) is 72.9 Å². The van der Waals surface area contributed by atoms with Gasteiger partial charge in [0.15, 0.2) is 0 Å². The number of ether oxygens (including phenoxy) is 1. The van der Waals surface area contributed by atoms with Crippen LogP contribution in [0.3, 0.4) is 0 Å². The number of rotatable bonds is 4. The minimum atomic E-state index is 0.837. The Morgan fingerprint density at radius 1 is 0.958 bits per heavy atom. The lowest BCUT2D eigenvalue weighted by Gasteiger charge is -2.05. The van der Waals surface area contributed by atoms with Crippen molar-refractivity contribution in [2.75, 3.05) is 12.4 Å². The zero-order chi connectivity index (χ0) is 16.4. The summed E-state index contributed by atoms with van der Waals surface area (Å²) >= 11 is 0. The van der Waals surface area contributed by atoms with Gasteiger partial charge in [-0.05, 0) is 36.4 Å². The van der Waals surface area contributed by atoms with Crippen molar-refractivity contribution in [2.45, 2.75) is 0 Å². The van der Waals surface area contributed by atoms with Crippen molar-refractivity contribution in [1.29, 1.82) is 0 Å². The normalized spacial score (nSPS) is 10.7. The first-order valence-electron chi connectivity index (χ1n) is 7.78. The van der Waals surface area contributed by atoms with Crippen LogP contribution in [-0.2, 0) is 0 Å². The quantitative estimate of drug-likeness (QED) is 0.558. The van der Waals surface area contributed by atoms with Crippen molar-refractivity contribution in [3.8, 4) is 17.0 Å². The number of H-pyrrole nitrogens is 1. The number of para-hydroxylation sites is 1. The molecule has 2 heterocycles. The lowest BCUT2D eigenvalue weighted by Crippen LogP contribution is -1.92. The van der Waals surface area contributed by atoms with E-state index in [4.69, 9.17) is 4.74 Å². The van der Waals surface area contributed by atoms with Gasteiger partial charge in [0.1, 0.15) is 11.6 Å². The van der Waals surface area contributed by atoms with Crippen LogP contribution in [0.2, 0.25) is 0 Å². The van der Waals surface area contributed by atoms with E-state index in [-0.39, 0.29) is 0 Å². The fourth-order valence-corrected chi connectivity index (χ4v) is 2.76. The van der Waals surface area contributed by atoms with Gasteiger partial charge in [-0.1, -0.05) is 30.3 Å². The van der Waals surface area contributed by atoms with Crippen LogP contribution in [0.25, 0.3) is 22.2 Å². The second-order valence-corrected chi connectivity index (χ2v) is 5.53. The molecule has 118 valence electrons. The standard InChI is InChI=1S/C20H17N3O/c1-24-16-9-5-6-14(12-16)19-13-17-18(23-19)10-11-21-20(17)22-15-7-3-2-4-8-15/h2-13,23H,1H3,(H,21,22). The second-order valence-electron chi connectivity index (χ2n) is 5.53. The maximum atomic E-state index is 5.31. The van der Waals surface area contributed by atoms with Crippen molar-refractivity contribution in [3.63, 3.8) is 0 Å².